The van der Waals surface area contributed by atoms with Gasteiger partial charge in [0.1, 0.15) is 4.88 Å². The largest absolute Gasteiger partial charge is 0.477 e. The maximum absolute atomic E-state index is 12.0. The summed E-state index contributed by atoms with van der Waals surface area (Å²) in [6.07, 6.45) is 0. The third kappa shape index (κ3) is 3.80. The summed E-state index contributed by atoms with van der Waals surface area (Å²) in [5, 5.41) is 14.2. The summed E-state index contributed by atoms with van der Waals surface area (Å²) in [7, 11) is 0. The molecular weight excluding hydrogens is 294 g/mol. The molecule has 1 aromatic carbocycles. The number of primary amides is 1. The number of benzene rings is 1. The zero-order valence-electron chi connectivity index (χ0n) is 10.6. The zero-order chi connectivity index (χ0) is 15.4. The molecule has 108 valence electrons. The molecule has 0 saturated heterocycles. The molecule has 0 saturated carbocycles. The van der Waals surface area contributed by atoms with Crippen molar-refractivity contribution in [2.45, 2.75) is 0 Å². The second kappa shape index (κ2) is 6.06. The number of carboxylic acids is 1. The summed E-state index contributed by atoms with van der Waals surface area (Å²) in [6.45, 7) is 0. The van der Waals surface area contributed by atoms with E-state index in [1.165, 1.54) is 36.4 Å². The molecule has 3 amide bonds. The highest BCUT2D eigenvalue weighted by atomic mass is 32.1. The number of thiophene rings is 1. The highest BCUT2D eigenvalue weighted by Crippen LogP contribution is 2.22. The van der Waals surface area contributed by atoms with Crippen LogP contribution in [0.2, 0.25) is 0 Å². The molecule has 0 spiro atoms. The summed E-state index contributed by atoms with van der Waals surface area (Å²) < 4.78 is 0. The second-order valence-corrected chi connectivity index (χ2v) is 5.07. The third-order valence-corrected chi connectivity index (χ3v) is 3.46. The van der Waals surface area contributed by atoms with Gasteiger partial charge in [-0.25, -0.2) is 9.59 Å². The SMILES string of the molecule is NC(=O)Nc1ccc(C(=O)Nc2ccc(C(=O)O)s2)cc1. The second-order valence-electron chi connectivity index (χ2n) is 3.99. The Morgan fingerprint density at radius 2 is 1.67 bits per heavy atom. The lowest BCUT2D eigenvalue weighted by molar-refractivity contribution is 0.0702. The predicted octanol–water partition coefficient (Wildman–Crippen LogP) is 2.19. The molecule has 0 unspecified atom stereocenters. The molecular formula is C13H11N3O4S. The van der Waals surface area contributed by atoms with Crippen molar-refractivity contribution < 1.29 is 19.5 Å². The van der Waals surface area contributed by atoms with E-state index in [2.05, 4.69) is 10.6 Å². The average Bonchev–Trinajstić information content (AvgIpc) is 2.87. The van der Waals surface area contributed by atoms with Gasteiger partial charge < -0.3 is 21.5 Å². The number of carbonyl (C=O) groups excluding carboxylic acids is 2. The van der Waals surface area contributed by atoms with E-state index in [0.717, 1.165) is 11.3 Å². The minimum absolute atomic E-state index is 0.145. The van der Waals surface area contributed by atoms with E-state index in [-0.39, 0.29) is 10.8 Å². The number of hydrogen-bond donors (Lipinski definition) is 4. The Balaban J connectivity index is 2.05. The van der Waals surface area contributed by atoms with Crippen molar-refractivity contribution >= 4 is 39.9 Å². The topological polar surface area (TPSA) is 122 Å². The molecule has 2 rings (SSSR count). The van der Waals surface area contributed by atoms with Gasteiger partial charge in [0, 0.05) is 11.3 Å². The molecule has 8 heteroatoms. The van der Waals surface area contributed by atoms with Crippen LogP contribution in [0, 0.1) is 0 Å². The van der Waals surface area contributed by atoms with Crippen LogP contribution >= 0.6 is 11.3 Å². The van der Waals surface area contributed by atoms with Crippen LogP contribution in [0.1, 0.15) is 20.0 Å². The Labute approximate surface area is 123 Å². The Morgan fingerprint density at radius 1 is 1.00 bits per heavy atom. The molecule has 5 N–H and O–H groups in total. The van der Waals surface area contributed by atoms with Gasteiger partial charge in [0.15, 0.2) is 0 Å². The van der Waals surface area contributed by atoms with Gasteiger partial charge in [-0.15, -0.1) is 11.3 Å². The molecule has 1 aromatic heterocycles. The monoisotopic (exact) mass is 305 g/mol. The maximum atomic E-state index is 12.0. The number of aromatic carboxylic acids is 1. The normalized spacial score (nSPS) is 9.90. The van der Waals surface area contributed by atoms with Crippen LogP contribution in [0.3, 0.4) is 0 Å². The Morgan fingerprint density at radius 3 is 2.19 bits per heavy atom. The van der Waals surface area contributed by atoms with Crippen molar-refractivity contribution in [3.63, 3.8) is 0 Å². The fourth-order valence-electron chi connectivity index (χ4n) is 1.55. The molecule has 0 aliphatic heterocycles. The number of urea groups is 1. The summed E-state index contributed by atoms with van der Waals surface area (Å²) >= 11 is 0.971. The predicted molar refractivity (Wildman–Crippen MR) is 78.9 cm³/mol. The van der Waals surface area contributed by atoms with E-state index in [1.54, 1.807) is 0 Å². The van der Waals surface area contributed by atoms with Crippen molar-refractivity contribution in [2.24, 2.45) is 5.73 Å². The Kier molecular flexibility index (Phi) is 4.19. The Hall–Kier alpha value is -2.87. The number of anilines is 2. The molecule has 0 radical (unpaired) electrons. The van der Waals surface area contributed by atoms with Gasteiger partial charge in [-0.05, 0) is 36.4 Å². The van der Waals surface area contributed by atoms with E-state index < -0.39 is 12.0 Å². The molecule has 1 heterocycles. The molecule has 0 bridgehead atoms. The van der Waals surface area contributed by atoms with Crippen LogP contribution in [0.15, 0.2) is 36.4 Å². The minimum atomic E-state index is -1.04. The summed E-state index contributed by atoms with van der Waals surface area (Å²) in [4.78, 5) is 33.5. The first-order valence-corrected chi connectivity index (χ1v) is 6.58. The van der Waals surface area contributed by atoms with Gasteiger partial charge in [0.05, 0.1) is 5.00 Å². The fourth-order valence-corrected chi connectivity index (χ4v) is 2.29. The van der Waals surface area contributed by atoms with Crippen LogP contribution in [0.4, 0.5) is 15.5 Å². The molecule has 0 atom stereocenters. The molecule has 0 aliphatic rings. The first-order valence-electron chi connectivity index (χ1n) is 5.76. The molecule has 0 aliphatic carbocycles. The number of nitrogens with one attached hydrogen (secondary N) is 2. The van der Waals surface area contributed by atoms with Crippen LogP contribution in [-0.2, 0) is 0 Å². The lowest BCUT2D eigenvalue weighted by Crippen LogP contribution is -2.19. The number of rotatable bonds is 4. The summed E-state index contributed by atoms with van der Waals surface area (Å²) in [5.74, 6) is -1.42. The number of hydrogen-bond acceptors (Lipinski definition) is 4. The van der Waals surface area contributed by atoms with Gasteiger partial charge in [-0.3, -0.25) is 4.79 Å². The van der Waals surface area contributed by atoms with Crippen LogP contribution < -0.4 is 16.4 Å². The van der Waals surface area contributed by atoms with Crippen LogP contribution in [-0.4, -0.2) is 23.0 Å². The summed E-state index contributed by atoms with van der Waals surface area (Å²) in [5.41, 5.74) is 5.82. The lowest BCUT2D eigenvalue weighted by Gasteiger charge is -2.04. The zero-order valence-corrected chi connectivity index (χ0v) is 11.4. The van der Waals surface area contributed by atoms with Crippen LogP contribution in [0.5, 0.6) is 0 Å². The highest BCUT2D eigenvalue weighted by Gasteiger charge is 2.11. The molecule has 21 heavy (non-hydrogen) atoms. The first-order chi connectivity index (χ1) is 9.95. The van der Waals surface area contributed by atoms with Crippen LogP contribution in [0.25, 0.3) is 0 Å². The van der Waals surface area contributed by atoms with Crippen molar-refractivity contribution in [1.82, 2.24) is 0 Å². The number of carboxylic acid groups (broad SMARTS) is 1. The van der Waals surface area contributed by atoms with Crippen molar-refractivity contribution in [3.05, 3.63) is 46.8 Å². The third-order valence-electron chi connectivity index (χ3n) is 2.47. The number of nitrogens with two attached hydrogens (primary N) is 1. The minimum Gasteiger partial charge on any atom is -0.477 e. The summed E-state index contributed by atoms with van der Waals surface area (Å²) in [6, 6.07) is 8.37. The lowest BCUT2D eigenvalue weighted by atomic mass is 10.2. The smallest absolute Gasteiger partial charge is 0.345 e. The van der Waals surface area contributed by atoms with E-state index in [1.807, 2.05) is 0 Å². The van der Waals surface area contributed by atoms with E-state index in [0.29, 0.717) is 16.3 Å². The molecule has 2 aromatic rings. The fraction of sp³-hybridized carbons (Fsp3) is 0. The highest BCUT2D eigenvalue weighted by molar-refractivity contribution is 7.18. The van der Waals surface area contributed by atoms with Gasteiger partial charge in [0.25, 0.3) is 5.91 Å². The number of carbonyl (C=O) groups is 3. The molecule has 0 fully saturated rings. The van der Waals surface area contributed by atoms with Crippen molar-refractivity contribution in [2.75, 3.05) is 10.6 Å². The van der Waals surface area contributed by atoms with Gasteiger partial charge in [-0.1, -0.05) is 0 Å². The maximum Gasteiger partial charge on any atom is 0.345 e. The standard InChI is InChI=1S/C13H11N3O4S/c14-13(20)15-8-3-1-7(2-4-8)11(17)16-10-6-5-9(21-10)12(18)19/h1-6H,(H,16,17)(H,18,19)(H3,14,15,20). The van der Waals surface area contributed by atoms with Crippen molar-refractivity contribution in [3.8, 4) is 0 Å². The van der Waals surface area contributed by atoms with E-state index in [9.17, 15) is 14.4 Å². The first kappa shape index (κ1) is 14.5. The van der Waals surface area contributed by atoms with E-state index in [4.69, 9.17) is 10.8 Å². The Bertz CT molecular complexity index is 694. The molecule has 7 nitrogen and oxygen atoms in total. The quantitative estimate of drug-likeness (QED) is 0.691. The average molecular weight is 305 g/mol. The number of amides is 3. The van der Waals surface area contributed by atoms with Gasteiger partial charge in [-0.2, -0.15) is 0 Å². The van der Waals surface area contributed by atoms with Gasteiger partial charge >= 0.3 is 12.0 Å². The van der Waals surface area contributed by atoms with E-state index >= 15 is 0 Å². The van der Waals surface area contributed by atoms with Gasteiger partial charge in [0.2, 0.25) is 0 Å². The van der Waals surface area contributed by atoms with Crippen molar-refractivity contribution in [1.29, 1.82) is 0 Å².